The number of hydrogen-bond donors (Lipinski definition) is 0. The Hall–Kier alpha value is -1.52. The molecule has 0 bridgehead atoms. The Labute approximate surface area is 128 Å². The van der Waals surface area contributed by atoms with Crippen LogP contribution in [0.25, 0.3) is 5.57 Å². The van der Waals surface area contributed by atoms with Crippen LogP contribution in [0.15, 0.2) is 24.0 Å². The fourth-order valence-corrected chi connectivity index (χ4v) is 3.09. The number of halogens is 1. The van der Waals surface area contributed by atoms with Crippen LogP contribution in [0, 0.1) is 11.8 Å². The van der Waals surface area contributed by atoms with Crippen LogP contribution in [0.1, 0.15) is 18.9 Å². The first kappa shape index (κ1) is 14.4. The van der Waals surface area contributed by atoms with Gasteiger partial charge < -0.3 is 14.2 Å². The minimum absolute atomic E-state index is 0.243. The molecular weight excluding hydrogens is 292 g/mol. The van der Waals surface area contributed by atoms with E-state index < -0.39 is 0 Å². The fourth-order valence-electron chi connectivity index (χ4n) is 2.82. The zero-order chi connectivity index (χ0) is 15.0. The normalized spacial score (nSPS) is 24.1. The zero-order valence-corrected chi connectivity index (χ0v) is 12.8. The van der Waals surface area contributed by atoms with Gasteiger partial charge in [0, 0.05) is 24.0 Å². The summed E-state index contributed by atoms with van der Waals surface area (Å²) in [7, 11) is 1.60. The van der Waals surface area contributed by atoms with Crippen LogP contribution in [0.4, 0.5) is 0 Å². The highest BCUT2D eigenvalue weighted by molar-refractivity contribution is 6.32. The number of carbonyl (C=O) groups excluding carboxylic acids is 1. The number of methoxy groups -OCH3 is 1. The second-order valence-electron chi connectivity index (χ2n) is 5.37. The molecular formula is C16H17ClO4. The lowest BCUT2D eigenvalue weighted by Crippen LogP contribution is -2.07. The second-order valence-corrected chi connectivity index (χ2v) is 5.78. The number of ether oxygens (including phenoxy) is 3. The molecule has 0 aromatic heterocycles. The third-order valence-electron chi connectivity index (χ3n) is 3.89. The second kappa shape index (κ2) is 5.70. The first-order valence-corrected chi connectivity index (χ1v) is 7.31. The largest absolute Gasteiger partial charge is 0.496 e. The van der Waals surface area contributed by atoms with Crippen LogP contribution in [0.3, 0.4) is 0 Å². The molecule has 1 aromatic carbocycles. The Morgan fingerprint density at radius 1 is 1.43 bits per heavy atom. The lowest BCUT2D eigenvalue weighted by atomic mass is 10.0. The van der Waals surface area contributed by atoms with Crippen molar-refractivity contribution in [3.05, 3.63) is 34.5 Å². The maximum atomic E-state index is 11.4. The van der Waals surface area contributed by atoms with Gasteiger partial charge in [0.05, 0.1) is 25.3 Å². The van der Waals surface area contributed by atoms with Crippen molar-refractivity contribution in [2.45, 2.75) is 13.3 Å². The molecule has 21 heavy (non-hydrogen) atoms. The minimum Gasteiger partial charge on any atom is -0.496 e. The van der Waals surface area contributed by atoms with Gasteiger partial charge >= 0.3 is 5.97 Å². The van der Waals surface area contributed by atoms with E-state index in [0.29, 0.717) is 35.7 Å². The van der Waals surface area contributed by atoms with Gasteiger partial charge in [-0.25, -0.2) is 0 Å². The SMILES string of the molecule is COc1cccc(Cl)c1C1=C(OC(C)=O)C2CC2COC1. The van der Waals surface area contributed by atoms with Gasteiger partial charge in [-0.2, -0.15) is 0 Å². The molecule has 1 aromatic rings. The quantitative estimate of drug-likeness (QED) is 0.804. The number of hydrogen-bond acceptors (Lipinski definition) is 4. The molecule has 0 spiro atoms. The van der Waals surface area contributed by atoms with Gasteiger partial charge in [-0.15, -0.1) is 0 Å². The van der Waals surface area contributed by atoms with Crippen molar-refractivity contribution >= 4 is 23.1 Å². The van der Waals surface area contributed by atoms with Crippen molar-refractivity contribution in [1.29, 1.82) is 0 Å². The molecule has 4 nitrogen and oxygen atoms in total. The van der Waals surface area contributed by atoms with Gasteiger partial charge in [-0.1, -0.05) is 17.7 Å². The van der Waals surface area contributed by atoms with Gasteiger partial charge in [-0.3, -0.25) is 4.79 Å². The smallest absolute Gasteiger partial charge is 0.307 e. The van der Waals surface area contributed by atoms with E-state index in [1.54, 1.807) is 13.2 Å². The van der Waals surface area contributed by atoms with Crippen LogP contribution < -0.4 is 4.74 Å². The Kier molecular flexibility index (Phi) is 3.91. The summed E-state index contributed by atoms with van der Waals surface area (Å²) in [4.78, 5) is 11.4. The Morgan fingerprint density at radius 2 is 2.24 bits per heavy atom. The van der Waals surface area contributed by atoms with Crippen LogP contribution >= 0.6 is 11.6 Å². The number of carbonyl (C=O) groups is 1. The number of allylic oxidation sites excluding steroid dienone is 1. The molecule has 1 heterocycles. The number of rotatable bonds is 3. The molecule has 5 heteroatoms. The Bertz CT molecular complexity index is 608. The Balaban J connectivity index is 2.13. The monoisotopic (exact) mass is 308 g/mol. The first-order chi connectivity index (χ1) is 10.1. The summed E-state index contributed by atoms with van der Waals surface area (Å²) in [6, 6.07) is 5.47. The van der Waals surface area contributed by atoms with Gasteiger partial charge in [-0.05, 0) is 24.5 Å². The maximum Gasteiger partial charge on any atom is 0.307 e. The predicted molar refractivity (Wildman–Crippen MR) is 79.1 cm³/mol. The lowest BCUT2D eigenvalue weighted by molar-refractivity contribution is -0.137. The molecule has 3 rings (SSSR count). The van der Waals surface area contributed by atoms with E-state index >= 15 is 0 Å². The summed E-state index contributed by atoms with van der Waals surface area (Å²) >= 11 is 6.35. The Morgan fingerprint density at radius 3 is 2.95 bits per heavy atom. The molecule has 1 aliphatic heterocycles. The predicted octanol–water partition coefficient (Wildman–Crippen LogP) is 3.29. The minimum atomic E-state index is -0.318. The van der Waals surface area contributed by atoms with Crippen molar-refractivity contribution in [2.24, 2.45) is 11.8 Å². The molecule has 112 valence electrons. The van der Waals surface area contributed by atoms with E-state index in [-0.39, 0.29) is 11.9 Å². The highest BCUT2D eigenvalue weighted by Crippen LogP contribution is 2.50. The van der Waals surface area contributed by atoms with Crippen molar-refractivity contribution in [1.82, 2.24) is 0 Å². The summed E-state index contributed by atoms with van der Waals surface area (Å²) in [5.41, 5.74) is 1.57. The van der Waals surface area contributed by atoms with Gasteiger partial charge in [0.2, 0.25) is 0 Å². The summed E-state index contributed by atoms with van der Waals surface area (Å²) in [6.45, 7) is 2.47. The van der Waals surface area contributed by atoms with Crippen molar-refractivity contribution in [3.63, 3.8) is 0 Å². The third-order valence-corrected chi connectivity index (χ3v) is 4.20. The van der Waals surface area contributed by atoms with Crippen molar-refractivity contribution < 1.29 is 19.0 Å². The molecule has 0 amide bonds. The van der Waals surface area contributed by atoms with E-state index in [1.165, 1.54) is 6.92 Å². The van der Waals surface area contributed by atoms with Gasteiger partial charge in [0.15, 0.2) is 0 Å². The van der Waals surface area contributed by atoms with E-state index in [4.69, 9.17) is 25.8 Å². The molecule has 2 aliphatic rings. The lowest BCUT2D eigenvalue weighted by Gasteiger charge is -2.17. The van der Waals surface area contributed by atoms with Crippen LogP contribution in [0.5, 0.6) is 5.75 Å². The summed E-state index contributed by atoms with van der Waals surface area (Å²) in [5.74, 6) is 1.71. The average Bonchev–Trinajstić information content (AvgIpc) is 3.21. The van der Waals surface area contributed by atoms with Crippen molar-refractivity contribution in [2.75, 3.05) is 20.3 Å². The standard InChI is InChI=1S/C16H17ClO4/c1-9(18)21-16-11-6-10(11)7-20-8-12(16)15-13(17)4-3-5-14(15)19-2/h3-5,10-11H,6-8H2,1-2H3. The summed E-state index contributed by atoms with van der Waals surface area (Å²) in [5, 5.41) is 0.566. The van der Waals surface area contributed by atoms with E-state index in [1.807, 2.05) is 12.1 Å². The number of esters is 1. The zero-order valence-electron chi connectivity index (χ0n) is 12.0. The molecule has 0 radical (unpaired) electrons. The molecule has 1 saturated carbocycles. The molecule has 0 saturated heterocycles. The molecule has 2 atom stereocenters. The topological polar surface area (TPSA) is 44.8 Å². The van der Waals surface area contributed by atoms with E-state index in [2.05, 4.69) is 0 Å². The van der Waals surface area contributed by atoms with Crippen LogP contribution in [-0.2, 0) is 14.3 Å². The van der Waals surface area contributed by atoms with Crippen LogP contribution in [0.2, 0.25) is 5.02 Å². The van der Waals surface area contributed by atoms with E-state index in [0.717, 1.165) is 17.6 Å². The third kappa shape index (κ3) is 2.78. The molecule has 1 aliphatic carbocycles. The molecule has 2 unspecified atom stereocenters. The summed E-state index contributed by atoms with van der Waals surface area (Å²) in [6.07, 6.45) is 0.985. The van der Waals surface area contributed by atoms with E-state index in [9.17, 15) is 4.79 Å². The molecule has 0 N–H and O–H groups in total. The molecule has 1 fully saturated rings. The number of benzene rings is 1. The van der Waals surface area contributed by atoms with Gasteiger partial charge in [0.25, 0.3) is 0 Å². The van der Waals surface area contributed by atoms with Crippen molar-refractivity contribution in [3.8, 4) is 5.75 Å². The average molecular weight is 309 g/mol. The number of fused-ring (bicyclic) bond motifs is 1. The first-order valence-electron chi connectivity index (χ1n) is 6.94. The maximum absolute atomic E-state index is 11.4. The highest BCUT2D eigenvalue weighted by atomic mass is 35.5. The van der Waals surface area contributed by atoms with Crippen LogP contribution in [-0.4, -0.2) is 26.3 Å². The summed E-state index contributed by atoms with van der Waals surface area (Å²) < 4.78 is 16.6. The fraction of sp³-hybridized carbons (Fsp3) is 0.438. The van der Waals surface area contributed by atoms with Gasteiger partial charge in [0.1, 0.15) is 11.5 Å². The highest BCUT2D eigenvalue weighted by Gasteiger charge is 2.45.